The molecule has 1 aromatic rings. The van der Waals surface area contributed by atoms with Gasteiger partial charge in [0.25, 0.3) is 0 Å². The second-order valence-electron chi connectivity index (χ2n) is 3.02. The lowest BCUT2D eigenvalue weighted by molar-refractivity contribution is 0.0592. The zero-order valence-corrected chi connectivity index (χ0v) is 9.07. The van der Waals surface area contributed by atoms with Crippen molar-refractivity contribution in [2.24, 2.45) is 5.73 Å². The van der Waals surface area contributed by atoms with Gasteiger partial charge in [0.1, 0.15) is 0 Å². The Hall–Kier alpha value is -0.580. The summed E-state index contributed by atoms with van der Waals surface area (Å²) in [7, 11) is 0. The molecule has 0 radical (unpaired) electrons. The maximum Gasteiger partial charge on any atom is 0.0785 e. The zero-order valence-electron chi connectivity index (χ0n) is 8.32. The van der Waals surface area contributed by atoms with E-state index in [2.05, 4.69) is 5.10 Å². The van der Waals surface area contributed by atoms with Gasteiger partial charge in [0, 0.05) is 25.9 Å². The summed E-state index contributed by atoms with van der Waals surface area (Å²) in [5.41, 5.74) is 5.55. The van der Waals surface area contributed by atoms with Gasteiger partial charge in [0.15, 0.2) is 0 Å². The first-order chi connectivity index (χ1) is 6.76. The summed E-state index contributed by atoms with van der Waals surface area (Å²) in [6.07, 6.45) is 4.39. The number of hydrogen-bond acceptors (Lipinski definition) is 3. The summed E-state index contributed by atoms with van der Waals surface area (Å²) in [6.45, 7) is 3.99. The fourth-order valence-electron chi connectivity index (χ4n) is 1.24. The highest BCUT2D eigenvalue weighted by atomic mass is 35.5. The molecule has 0 aliphatic heterocycles. The molecule has 1 aromatic heterocycles. The van der Waals surface area contributed by atoms with E-state index in [0.717, 1.165) is 13.0 Å². The number of hydrogen-bond donors (Lipinski definition) is 1. The molecule has 0 amide bonds. The van der Waals surface area contributed by atoms with Crippen molar-refractivity contribution in [1.29, 1.82) is 0 Å². The molecule has 14 heavy (non-hydrogen) atoms. The molecule has 80 valence electrons. The van der Waals surface area contributed by atoms with E-state index in [1.165, 1.54) is 0 Å². The predicted octanol–water partition coefficient (Wildman–Crippen LogP) is 1.29. The molecule has 0 aromatic carbocycles. The van der Waals surface area contributed by atoms with Crippen molar-refractivity contribution in [2.75, 3.05) is 13.2 Å². The fourth-order valence-corrected chi connectivity index (χ4v) is 1.40. The SMILES string of the molecule is CCOC(CN)CCn1cc(Cl)cn1. The molecule has 2 N–H and O–H groups in total. The largest absolute Gasteiger partial charge is 0.377 e. The Morgan fingerprint density at radius 3 is 3.00 bits per heavy atom. The van der Waals surface area contributed by atoms with Crippen LogP contribution in [0.4, 0.5) is 0 Å². The van der Waals surface area contributed by atoms with Gasteiger partial charge >= 0.3 is 0 Å². The van der Waals surface area contributed by atoms with Crippen LogP contribution in [0.25, 0.3) is 0 Å². The van der Waals surface area contributed by atoms with Gasteiger partial charge in [0.05, 0.1) is 17.3 Å². The van der Waals surface area contributed by atoms with Crippen LogP contribution < -0.4 is 5.73 Å². The zero-order chi connectivity index (χ0) is 10.4. The summed E-state index contributed by atoms with van der Waals surface area (Å²) in [5, 5.41) is 4.73. The summed E-state index contributed by atoms with van der Waals surface area (Å²) < 4.78 is 7.22. The summed E-state index contributed by atoms with van der Waals surface area (Å²) in [6, 6.07) is 0. The first-order valence-corrected chi connectivity index (χ1v) is 5.13. The van der Waals surface area contributed by atoms with Gasteiger partial charge in [-0.25, -0.2) is 0 Å². The maximum absolute atomic E-state index is 5.73. The average Bonchev–Trinajstić information content (AvgIpc) is 2.59. The van der Waals surface area contributed by atoms with Gasteiger partial charge in [-0.1, -0.05) is 11.6 Å². The smallest absolute Gasteiger partial charge is 0.0785 e. The highest BCUT2D eigenvalue weighted by Gasteiger charge is 2.06. The molecule has 1 heterocycles. The molecular formula is C9H16ClN3O. The van der Waals surface area contributed by atoms with E-state index in [-0.39, 0.29) is 6.10 Å². The second-order valence-corrected chi connectivity index (χ2v) is 3.46. The Labute approximate surface area is 89.0 Å². The minimum atomic E-state index is 0.114. The van der Waals surface area contributed by atoms with Crippen molar-refractivity contribution < 1.29 is 4.74 Å². The Morgan fingerprint density at radius 1 is 1.71 bits per heavy atom. The first-order valence-electron chi connectivity index (χ1n) is 4.76. The van der Waals surface area contributed by atoms with Crippen LogP contribution in [0.15, 0.2) is 12.4 Å². The number of nitrogens with zero attached hydrogens (tertiary/aromatic N) is 2. The van der Waals surface area contributed by atoms with Crippen molar-refractivity contribution in [3.05, 3.63) is 17.4 Å². The molecule has 4 nitrogen and oxygen atoms in total. The lowest BCUT2D eigenvalue weighted by atomic mass is 10.2. The Kier molecular flexibility index (Phi) is 4.93. The van der Waals surface area contributed by atoms with E-state index in [1.54, 1.807) is 17.1 Å². The third-order valence-electron chi connectivity index (χ3n) is 1.95. The monoisotopic (exact) mass is 217 g/mol. The van der Waals surface area contributed by atoms with Crippen LogP contribution in [0, 0.1) is 0 Å². The lowest BCUT2D eigenvalue weighted by Crippen LogP contribution is -2.25. The van der Waals surface area contributed by atoms with Crippen molar-refractivity contribution in [2.45, 2.75) is 26.0 Å². The molecule has 1 rings (SSSR count). The molecule has 0 fully saturated rings. The standard InChI is InChI=1S/C9H16ClN3O/c1-2-14-9(5-11)3-4-13-7-8(10)6-12-13/h6-7,9H,2-5,11H2,1H3. The topological polar surface area (TPSA) is 53.1 Å². The predicted molar refractivity (Wildman–Crippen MR) is 56.3 cm³/mol. The number of rotatable bonds is 6. The highest BCUT2D eigenvalue weighted by molar-refractivity contribution is 6.30. The molecule has 0 aliphatic carbocycles. The van der Waals surface area contributed by atoms with Gasteiger partial charge in [-0.05, 0) is 13.3 Å². The quantitative estimate of drug-likeness (QED) is 0.782. The molecule has 0 aliphatic rings. The third kappa shape index (κ3) is 3.65. The fraction of sp³-hybridized carbons (Fsp3) is 0.667. The Balaban J connectivity index is 2.31. The van der Waals surface area contributed by atoms with Crippen molar-refractivity contribution in [3.8, 4) is 0 Å². The number of halogens is 1. The third-order valence-corrected chi connectivity index (χ3v) is 2.14. The maximum atomic E-state index is 5.73. The lowest BCUT2D eigenvalue weighted by Gasteiger charge is -2.14. The molecule has 5 heteroatoms. The van der Waals surface area contributed by atoms with E-state index >= 15 is 0 Å². The number of ether oxygens (including phenoxy) is 1. The molecule has 0 saturated heterocycles. The van der Waals surface area contributed by atoms with Crippen LogP contribution in [-0.4, -0.2) is 29.0 Å². The van der Waals surface area contributed by atoms with Crippen LogP contribution in [0.5, 0.6) is 0 Å². The van der Waals surface area contributed by atoms with E-state index in [9.17, 15) is 0 Å². The summed E-state index contributed by atoms with van der Waals surface area (Å²) in [4.78, 5) is 0. The highest BCUT2D eigenvalue weighted by Crippen LogP contribution is 2.06. The number of aryl methyl sites for hydroxylation is 1. The summed E-state index contributed by atoms with van der Waals surface area (Å²) in [5.74, 6) is 0. The van der Waals surface area contributed by atoms with Crippen LogP contribution in [0.3, 0.4) is 0 Å². The van der Waals surface area contributed by atoms with Crippen LogP contribution in [-0.2, 0) is 11.3 Å². The van der Waals surface area contributed by atoms with Gasteiger partial charge in [-0.2, -0.15) is 5.10 Å². The average molecular weight is 218 g/mol. The Morgan fingerprint density at radius 2 is 2.50 bits per heavy atom. The number of nitrogens with two attached hydrogens (primary N) is 1. The molecule has 1 unspecified atom stereocenters. The molecule has 1 atom stereocenters. The Bertz CT molecular complexity index is 264. The van der Waals surface area contributed by atoms with Gasteiger partial charge < -0.3 is 10.5 Å². The minimum Gasteiger partial charge on any atom is -0.377 e. The van der Waals surface area contributed by atoms with Crippen LogP contribution >= 0.6 is 11.6 Å². The van der Waals surface area contributed by atoms with Crippen molar-refractivity contribution in [1.82, 2.24) is 9.78 Å². The van der Waals surface area contributed by atoms with E-state index in [0.29, 0.717) is 18.2 Å². The van der Waals surface area contributed by atoms with Crippen molar-refractivity contribution >= 4 is 11.6 Å². The molecule has 0 spiro atoms. The summed E-state index contributed by atoms with van der Waals surface area (Å²) >= 11 is 5.73. The van der Waals surface area contributed by atoms with Gasteiger partial charge in [-0.3, -0.25) is 4.68 Å². The normalized spacial score (nSPS) is 13.1. The second kappa shape index (κ2) is 6.01. The number of aromatic nitrogens is 2. The van der Waals surface area contributed by atoms with E-state index in [4.69, 9.17) is 22.1 Å². The van der Waals surface area contributed by atoms with Gasteiger partial charge in [0.2, 0.25) is 0 Å². The van der Waals surface area contributed by atoms with Crippen LogP contribution in [0.2, 0.25) is 5.02 Å². The van der Waals surface area contributed by atoms with Crippen molar-refractivity contribution in [3.63, 3.8) is 0 Å². The first kappa shape index (κ1) is 11.5. The molecule has 0 bridgehead atoms. The van der Waals surface area contributed by atoms with Gasteiger partial charge in [-0.15, -0.1) is 0 Å². The molecule has 0 saturated carbocycles. The van der Waals surface area contributed by atoms with E-state index in [1.807, 2.05) is 6.92 Å². The van der Waals surface area contributed by atoms with E-state index < -0.39 is 0 Å². The minimum absolute atomic E-state index is 0.114. The van der Waals surface area contributed by atoms with Crippen LogP contribution in [0.1, 0.15) is 13.3 Å². The molecular weight excluding hydrogens is 202 g/mol.